The van der Waals surface area contributed by atoms with Gasteiger partial charge in [0.25, 0.3) is 5.91 Å². The fraction of sp³-hybridized carbons (Fsp3) is 0.308. The van der Waals surface area contributed by atoms with Crippen molar-refractivity contribution < 1.29 is 14.3 Å². The van der Waals surface area contributed by atoms with E-state index in [1.54, 1.807) is 69.3 Å². The molecule has 0 spiro atoms. The first-order chi connectivity index (χ1) is 17.7. The average molecular weight is 520 g/mol. The van der Waals surface area contributed by atoms with E-state index >= 15 is 0 Å². The largest absolute Gasteiger partial charge is 0.444 e. The lowest BCUT2D eigenvalue weighted by Gasteiger charge is -2.29. The Hall–Kier alpha value is -4.05. The number of fused-ring (bicyclic) bond motifs is 1. The Balaban J connectivity index is 1.43. The first kappa shape index (κ1) is 24.6. The van der Waals surface area contributed by atoms with Crippen molar-refractivity contribution in [1.82, 2.24) is 29.9 Å². The molecular weight excluding hydrogens is 494 g/mol. The lowest BCUT2D eigenvalue weighted by atomic mass is 10.1. The molecule has 1 aliphatic rings. The van der Waals surface area contributed by atoms with Crippen LogP contribution >= 0.6 is 11.6 Å². The molecule has 2 amide bonds. The van der Waals surface area contributed by atoms with Gasteiger partial charge < -0.3 is 9.64 Å². The summed E-state index contributed by atoms with van der Waals surface area (Å²) in [6.45, 7) is 6.23. The number of ether oxygens (including phenoxy) is 1. The number of aromatic nitrogens is 5. The number of hydrogen-bond acceptors (Lipinski definition) is 7. The van der Waals surface area contributed by atoms with Gasteiger partial charge in [-0.3, -0.25) is 9.69 Å². The minimum absolute atomic E-state index is 0.273. The molecular formula is C26H26ClN7O3. The molecule has 11 heteroatoms. The van der Waals surface area contributed by atoms with Gasteiger partial charge in [0.15, 0.2) is 11.5 Å². The molecule has 0 aliphatic carbocycles. The van der Waals surface area contributed by atoms with Crippen LogP contribution in [0.4, 0.5) is 10.6 Å². The summed E-state index contributed by atoms with van der Waals surface area (Å²) in [5, 5.41) is 8.67. The van der Waals surface area contributed by atoms with Crippen LogP contribution in [0.15, 0.2) is 60.9 Å². The van der Waals surface area contributed by atoms with Gasteiger partial charge in [-0.1, -0.05) is 16.8 Å². The van der Waals surface area contributed by atoms with Crippen molar-refractivity contribution in [3.8, 4) is 5.69 Å². The Kier molecular flexibility index (Phi) is 6.51. The van der Waals surface area contributed by atoms with E-state index in [0.717, 1.165) is 5.69 Å². The third-order valence-electron chi connectivity index (χ3n) is 5.93. The summed E-state index contributed by atoms with van der Waals surface area (Å²) in [6, 6.07) is 13.7. The molecule has 3 aromatic heterocycles. The summed E-state index contributed by atoms with van der Waals surface area (Å²) < 4.78 is 7.14. The zero-order valence-electron chi connectivity index (χ0n) is 20.7. The predicted octanol–water partition coefficient (Wildman–Crippen LogP) is 4.52. The first-order valence-electron chi connectivity index (χ1n) is 11.9. The molecule has 1 aromatic carbocycles. The molecule has 0 unspecified atom stereocenters. The van der Waals surface area contributed by atoms with E-state index < -0.39 is 11.7 Å². The molecule has 0 N–H and O–H groups in total. The lowest BCUT2D eigenvalue weighted by Crippen LogP contribution is -2.44. The Morgan fingerprint density at radius 2 is 1.78 bits per heavy atom. The first-order valence-corrected chi connectivity index (χ1v) is 12.3. The lowest BCUT2D eigenvalue weighted by molar-refractivity contribution is 0.0291. The Labute approximate surface area is 218 Å². The molecule has 4 aromatic rings. The zero-order valence-corrected chi connectivity index (χ0v) is 21.5. The number of likely N-dealkylation sites (tertiary alicyclic amines) is 1. The van der Waals surface area contributed by atoms with Gasteiger partial charge >= 0.3 is 6.09 Å². The number of carbonyl (C=O) groups excluding carboxylic acids is 2. The van der Waals surface area contributed by atoms with Crippen LogP contribution in [0.1, 0.15) is 37.6 Å². The minimum Gasteiger partial charge on any atom is -0.444 e. The summed E-state index contributed by atoms with van der Waals surface area (Å²) in [5.74, 6) is 0.0746. The van der Waals surface area contributed by atoms with Gasteiger partial charge in [0.1, 0.15) is 11.1 Å². The number of nitrogens with zero attached hydrogens (tertiary/aromatic N) is 7. The monoisotopic (exact) mass is 519 g/mol. The third-order valence-corrected chi connectivity index (χ3v) is 6.23. The van der Waals surface area contributed by atoms with Crippen molar-refractivity contribution >= 4 is 40.6 Å². The van der Waals surface area contributed by atoms with Crippen LogP contribution in [0.5, 0.6) is 0 Å². The summed E-state index contributed by atoms with van der Waals surface area (Å²) >= 11 is 6.48. The molecule has 0 saturated carbocycles. The van der Waals surface area contributed by atoms with Gasteiger partial charge in [-0.05, 0) is 75.7 Å². The highest BCUT2D eigenvalue weighted by Crippen LogP contribution is 2.30. The number of amides is 2. The van der Waals surface area contributed by atoms with Crippen LogP contribution in [-0.4, -0.2) is 66.6 Å². The van der Waals surface area contributed by atoms with Crippen molar-refractivity contribution in [2.45, 2.75) is 38.8 Å². The van der Waals surface area contributed by atoms with Crippen LogP contribution in [0.2, 0.25) is 5.02 Å². The van der Waals surface area contributed by atoms with E-state index in [9.17, 15) is 9.59 Å². The number of pyridine rings is 2. The standard InChI is InChI=1S/C26H26ClN7O3/c1-26(2,3)37-25(36)32-15-12-19(16-32)33(22-20(27)6-4-13-28-22)24(35)17-8-10-18(11-9-17)34-23-21(30-31-34)7-5-14-29-23/h4-11,13-14,19H,12,15-16H2,1-3H3/t19-/m0/s1. The topological polar surface area (TPSA) is 106 Å². The number of halogens is 1. The Morgan fingerprint density at radius 1 is 1.05 bits per heavy atom. The summed E-state index contributed by atoms with van der Waals surface area (Å²) in [6.07, 6.45) is 3.42. The van der Waals surface area contributed by atoms with Crippen LogP contribution in [0, 0.1) is 0 Å². The van der Waals surface area contributed by atoms with Gasteiger partial charge in [-0.25, -0.2) is 14.8 Å². The van der Waals surface area contributed by atoms with E-state index in [-0.39, 0.29) is 11.9 Å². The molecule has 4 heterocycles. The third kappa shape index (κ3) is 5.10. The highest BCUT2D eigenvalue weighted by atomic mass is 35.5. The van der Waals surface area contributed by atoms with Crippen molar-refractivity contribution in [2.24, 2.45) is 0 Å². The normalized spacial score (nSPS) is 15.7. The van der Waals surface area contributed by atoms with E-state index in [4.69, 9.17) is 16.3 Å². The molecule has 5 rings (SSSR count). The molecule has 37 heavy (non-hydrogen) atoms. The molecule has 1 saturated heterocycles. The Bertz CT molecular complexity index is 1450. The number of benzene rings is 1. The van der Waals surface area contributed by atoms with Crippen LogP contribution in [-0.2, 0) is 4.74 Å². The van der Waals surface area contributed by atoms with Gasteiger partial charge in [0, 0.05) is 31.0 Å². The minimum atomic E-state index is -0.609. The van der Waals surface area contributed by atoms with Crippen LogP contribution in [0.3, 0.4) is 0 Å². The van der Waals surface area contributed by atoms with Crippen LogP contribution in [0.25, 0.3) is 16.9 Å². The van der Waals surface area contributed by atoms with Gasteiger partial charge in [0.05, 0.1) is 16.8 Å². The number of rotatable bonds is 4. The van der Waals surface area contributed by atoms with E-state index in [0.29, 0.717) is 47.1 Å². The molecule has 0 radical (unpaired) electrons. The fourth-order valence-electron chi connectivity index (χ4n) is 4.26. The highest BCUT2D eigenvalue weighted by molar-refractivity contribution is 6.33. The molecule has 1 atom stereocenters. The van der Waals surface area contributed by atoms with Crippen molar-refractivity contribution in [1.29, 1.82) is 0 Å². The second-order valence-electron chi connectivity index (χ2n) is 9.75. The van der Waals surface area contributed by atoms with Gasteiger partial charge in [0.2, 0.25) is 0 Å². The maximum atomic E-state index is 13.8. The predicted molar refractivity (Wildman–Crippen MR) is 139 cm³/mol. The molecule has 190 valence electrons. The number of carbonyl (C=O) groups is 2. The SMILES string of the molecule is CC(C)(C)OC(=O)N1CC[C@H](N(C(=O)c2ccc(-n3nnc4cccnc43)cc2)c2ncccc2Cl)C1. The number of anilines is 1. The molecule has 10 nitrogen and oxygen atoms in total. The second-order valence-corrected chi connectivity index (χ2v) is 10.2. The molecule has 1 aliphatic heterocycles. The maximum Gasteiger partial charge on any atom is 0.410 e. The molecule has 0 bridgehead atoms. The zero-order chi connectivity index (χ0) is 26.2. The second kappa shape index (κ2) is 9.78. The van der Waals surface area contributed by atoms with Crippen molar-refractivity contribution in [2.75, 3.05) is 18.0 Å². The summed E-state index contributed by atoms with van der Waals surface area (Å²) in [7, 11) is 0. The smallest absolute Gasteiger partial charge is 0.410 e. The molecule has 1 fully saturated rings. The van der Waals surface area contributed by atoms with E-state index in [2.05, 4.69) is 20.3 Å². The maximum absolute atomic E-state index is 13.8. The number of hydrogen-bond donors (Lipinski definition) is 0. The van der Waals surface area contributed by atoms with E-state index in [1.165, 1.54) is 0 Å². The summed E-state index contributed by atoms with van der Waals surface area (Å²) in [4.78, 5) is 38.4. The van der Waals surface area contributed by atoms with Gasteiger partial charge in [-0.2, -0.15) is 4.68 Å². The van der Waals surface area contributed by atoms with Gasteiger partial charge in [-0.15, -0.1) is 5.10 Å². The Morgan fingerprint density at radius 3 is 2.51 bits per heavy atom. The quantitative estimate of drug-likeness (QED) is 0.390. The fourth-order valence-corrected chi connectivity index (χ4v) is 4.47. The van der Waals surface area contributed by atoms with Crippen LogP contribution < -0.4 is 4.90 Å². The van der Waals surface area contributed by atoms with E-state index in [1.807, 2.05) is 26.8 Å². The average Bonchev–Trinajstić information content (AvgIpc) is 3.52. The van der Waals surface area contributed by atoms with Crippen molar-refractivity contribution in [3.05, 3.63) is 71.5 Å². The van der Waals surface area contributed by atoms with Crippen molar-refractivity contribution in [3.63, 3.8) is 0 Å². The summed E-state index contributed by atoms with van der Waals surface area (Å²) in [5.41, 5.74) is 1.85. The highest BCUT2D eigenvalue weighted by Gasteiger charge is 2.37.